The fraction of sp³-hybridized carbons (Fsp3) is 0.625. The fourth-order valence-corrected chi connectivity index (χ4v) is 9.16. The highest BCUT2D eigenvalue weighted by atomic mass is 79.9. The molecule has 1 aromatic rings. The number of nitrogens with one attached hydrogen (secondary N) is 2. The van der Waals surface area contributed by atoms with Crippen molar-refractivity contribution in [2.75, 3.05) is 25.1 Å². The number of fused-ring (bicyclic) bond motifs is 1. The van der Waals surface area contributed by atoms with Crippen molar-refractivity contribution in [2.24, 2.45) is 11.8 Å². The van der Waals surface area contributed by atoms with Gasteiger partial charge >= 0.3 is 0 Å². The Morgan fingerprint density at radius 3 is 2.53 bits per heavy atom. The molecule has 3 N–H and O–H groups in total. The molecule has 3 fully saturated rings. The number of alkyl halides is 1. The number of carbonyl (C=O) groups is 3. The highest BCUT2D eigenvalue weighted by Gasteiger charge is 2.75. The lowest BCUT2D eigenvalue weighted by molar-refractivity contribution is -0.139. The lowest BCUT2D eigenvalue weighted by atomic mass is 9.70. The summed E-state index contributed by atoms with van der Waals surface area (Å²) in [6, 6.07) is 6.40. The minimum Gasteiger partial charge on any atom is -0.494 e. The molecule has 6 atom stereocenters. The molecule has 0 aliphatic carbocycles. The summed E-state index contributed by atoms with van der Waals surface area (Å²) >= 11 is 5.31. The largest absolute Gasteiger partial charge is 0.494 e. The van der Waals surface area contributed by atoms with E-state index in [9.17, 15) is 19.5 Å². The van der Waals surface area contributed by atoms with Gasteiger partial charge in [0.2, 0.25) is 17.7 Å². The molecule has 0 saturated carbocycles. The van der Waals surface area contributed by atoms with Gasteiger partial charge in [0, 0.05) is 27.8 Å². The highest BCUT2D eigenvalue weighted by Crippen LogP contribution is 2.67. The maximum Gasteiger partial charge on any atom is 0.244 e. The average Bonchev–Trinajstić information content (AvgIpc) is 3.32. The van der Waals surface area contributed by atoms with Crippen molar-refractivity contribution >= 4 is 51.1 Å². The molecule has 3 saturated heterocycles. The predicted octanol–water partition coefficient (Wildman–Crippen LogP) is 2.40. The van der Waals surface area contributed by atoms with Gasteiger partial charge < -0.3 is 25.4 Å². The molecule has 34 heavy (non-hydrogen) atoms. The van der Waals surface area contributed by atoms with Gasteiger partial charge in [-0.25, -0.2) is 0 Å². The topological polar surface area (TPSA) is 108 Å². The summed E-state index contributed by atoms with van der Waals surface area (Å²) in [5.41, 5.74) is 0.153. The number of anilines is 1. The van der Waals surface area contributed by atoms with Gasteiger partial charge in [0.25, 0.3) is 0 Å². The third-order valence-corrected chi connectivity index (χ3v) is 9.83. The van der Waals surface area contributed by atoms with E-state index in [2.05, 4.69) is 26.6 Å². The van der Waals surface area contributed by atoms with Gasteiger partial charge in [-0.3, -0.25) is 14.4 Å². The summed E-state index contributed by atoms with van der Waals surface area (Å²) in [6.45, 7) is 7.96. The monoisotopic (exact) mass is 553 g/mol. The van der Waals surface area contributed by atoms with Crippen LogP contribution in [0, 0.1) is 11.8 Å². The molecule has 8 nitrogen and oxygen atoms in total. The van der Waals surface area contributed by atoms with Crippen LogP contribution in [0.25, 0.3) is 0 Å². The fourth-order valence-electron chi connectivity index (χ4n) is 5.54. The molecule has 2 bridgehead atoms. The maximum atomic E-state index is 13.6. The summed E-state index contributed by atoms with van der Waals surface area (Å²) in [7, 11) is 0. The van der Waals surface area contributed by atoms with Gasteiger partial charge in [-0.05, 0) is 58.4 Å². The Hall–Kier alpha value is -1.78. The molecule has 186 valence electrons. The number of hydrogen-bond acceptors (Lipinski definition) is 6. The van der Waals surface area contributed by atoms with Crippen LogP contribution < -0.4 is 15.4 Å². The standard InChI is InChI=1S/C24H32BrN3O5S/c1-5-33-14-8-6-13(7-9-14)26-20(30)16-17-22(32)28(10-11-29)19(21(31)27-23(2,3)4)24(17)12-15(25)18(16)34-24/h6-9,15-19,29H,5,10-12H2,1-4H3,(H,26,30)(H,27,31)/t15?,16-,17-,18-,19?,24?/m0/s1. The summed E-state index contributed by atoms with van der Waals surface area (Å²) in [5, 5.41) is 15.5. The molecule has 3 heterocycles. The lowest BCUT2D eigenvalue weighted by Crippen LogP contribution is -2.57. The van der Waals surface area contributed by atoms with Crippen LogP contribution in [0.2, 0.25) is 0 Å². The van der Waals surface area contributed by atoms with Crippen LogP contribution >= 0.6 is 27.7 Å². The Kier molecular flexibility index (Phi) is 6.96. The van der Waals surface area contributed by atoms with Crippen LogP contribution in [-0.4, -0.2) is 73.9 Å². The number of carbonyl (C=O) groups excluding carboxylic acids is 3. The van der Waals surface area contributed by atoms with Crippen LogP contribution in [0.4, 0.5) is 5.69 Å². The quantitative estimate of drug-likeness (QED) is 0.447. The van der Waals surface area contributed by atoms with E-state index in [1.165, 1.54) is 4.90 Å². The van der Waals surface area contributed by atoms with E-state index in [1.807, 2.05) is 27.7 Å². The molecule has 0 aromatic heterocycles. The van der Waals surface area contributed by atoms with E-state index < -0.39 is 28.2 Å². The van der Waals surface area contributed by atoms with E-state index in [0.717, 1.165) is 0 Å². The van der Waals surface area contributed by atoms with Gasteiger partial charge in [0.05, 0.1) is 29.8 Å². The second-order valence-corrected chi connectivity index (χ2v) is 12.8. The Labute approximate surface area is 212 Å². The highest BCUT2D eigenvalue weighted by molar-refractivity contribution is 9.09. The number of amides is 3. The molecule has 0 radical (unpaired) electrons. The summed E-state index contributed by atoms with van der Waals surface area (Å²) in [4.78, 5) is 42.1. The number of aliphatic hydroxyl groups excluding tert-OH is 1. The first-order valence-electron chi connectivity index (χ1n) is 11.6. The van der Waals surface area contributed by atoms with E-state index in [4.69, 9.17) is 4.74 Å². The molecule has 1 aromatic carbocycles. The number of hydrogen-bond donors (Lipinski definition) is 3. The zero-order chi connectivity index (χ0) is 24.8. The Morgan fingerprint density at radius 2 is 1.94 bits per heavy atom. The van der Waals surface area contributed by atoms with Crippen molar-refractivity contribution < 1.29 is 24.2 Å². The molecule has 10 heteroatoms. The first kappa shape index (κ1) is 25.3. The Balaban J connectivity index is 1.64. The summed E-state index contributed by atoms with van der Waals surface area (Å²) < 4.78 is 4.74. The average molecular weight is 555 g/mol. The second kappa shape index (κ2) is 9.35. The van der Waals surface area contributed by atoms with Crippen molar-refractivity contribution in [3.63, 3.8) is 0 Å². The van der Waals surface area contributed by atoms with Crippen LogP contribution in [0.3, 0.4) is 0 Å². The molecule has 3 aliphatic heterocycles. The molecular formula is C24H32BrN3O5S. The van der Waals surface area contributed by atoms with Crippen LogP contribution in [0.15, 0.2) is 24.3 Å². The zero-order valence-electron chi connectivity index (χ0n) is 19.8. The second-order valence-electron chi connectivity index (χ2n) is 10.1. The van der Waals surface area contributed by atoms with Gasteiger partial charge in [-0.15, -0.1) is 11.8 Å². The SMILES string of the molecule is CCOc1ccc(NC(=O)[C@H]2[C@H]3C(=O)N(CCO)C(C(=O)NC(C)(C)C)C34CC(Br)[C@@H]2S4)cc1. The van der Waals surface area contributed by atoms with E-state index in [0.29, 0.717) is 24.5 Å². The Bertz CT molecular complexity index is 968. The van der Waals surface area contributed by atoms with Crippen molar-refractivity contribution in [3.05, 3.63) is 24.3 Å². The third kappa shape index (κ3) is 4.33. The van der Waals surface area contributed by atoms with Crippen LogP contribution in [0.5, 0.6) is 5.75 Å². The molecule has 1 spiro atoms. The van der Waals surface area contributed by atoms with Crippen molar-refractivity contribution in [1.29, 1.82) is 0 Å². The number of ether oxygens (including phenoxy) is 1. The minimum absolute atomic E-state index is 0.00311. The van der Waals surface area contributed by atoms with E-state index >= 15 is 0 Å². The molecule has 3 amide bonds. The maximum absolute atomic E-state index is 13.6. The minimum atomic E-state index is -0.741. The number of likely N-dealkylation sites (tertiary alicyclic amines) is 1. The van der Waals surface area contributed by atoms with Crippen LogP contribution in [0.1, 0.15) is 34.1 Å². The first-order valence-corrected chi connectivity index (χ1v) is 13.4. The number of benzene rings is 1. The van der Waals surface area contributed by atoms with Crippen molar-refractivity contribution in [3.8, 4) is 5.75 Å². The number of halogens is 1. The van der Waals surface area contributed by atoms with Gasteiger partial charge in [-0.2, -0.15) is 0 Å². The Morgan fingerprint density at radius 1 is 1.26 bits per heavy atom. The predicted molar refractivity (Wildman–Crippen MR) is 135 cm³/mol. The van der Waals surface area contributed by atoms with Crippen molar-refractivity contribution in [2.45, 2.75) is 60.5 Å². The van der Waals surface area contributed by atoms with Gasteiger partial charge in [-0.1, -0.05) is 15.9 Å². The molecule has 4 rings (SSSR count). The summed E-state index contributed by atoms with van der Waals surface area (Å²) in [6.07, 6.45) is 0.607. The number of thioether (sulfide) groups is 1. The first-order chi connectivity index (χ1) is 16.0. The van der Waals surface area contributed by atoms with Crippen LogP contribution in [-0.2, 0) is 14.4 Å². The molecule has 3 unspecified atom stereocenters. The van der Waals surface area contributed by atoms with E-state index in [-0.39, 0.29) is 41.0 Å². The third-order valence-electron chi connectivity index (χ3n) is 6.61. The van der Waals surface area contributed by atoms with E-state index in [1.54, 1.807) is 36.0 Å². The van der Waals surface area contributed by atoms with Gasteiger partial charge in [0.1, 0.15) is 11.8 Å². The lowest BCUT2D eigenvalue weighted by Gasteiger charge is -2.36. The molecular weight excluding hydrogens is 522 g/mol. The number of β-amino-alcohol motifs (C(OH)–C–C–N with tert-alkyl or cyclic N) is 1. The van der Waals surface area contributed by atoms with Crippen molar-refractivity contribution in [1.82, 2.24) is 10.2 Å². The zero-order valence-corrected chi connectivity index (χ0v) is 22.2. The number of aliphatic hydroxyl groups is 1. The number of rotatable bonds is 7. The smallest absolute Gasteiger partial charge is 0.244 e. The summed E-state index contributed by atoms with van der Waals surface area (Å²) in [5.74, 6) is -1.20. The van der Waals surface area contributed by atoms with Gasteiger partial charge in [0.15, 0.2) is 0 Å². The normalized spacial score (nSPS) is 32.0. The molecule has 3 aliphatic rings. The number of nitrogens with zero attached hydrogens (tertiary/aromatic N) is 1.